The average molecular weight is 287 g/mol. The van der Waals surface area contributed by atoms with Gasteiger partial charge in [0.2, 0.25) is 0 Å². The Labute approximate surface area is 112 Å². The van der Waals surface area contributed by atoms with Gasteiger partial charge in [0.25, 0.3) is 0 Å². The Morgan fingerprint density at radius 1 is 1.50 bits per heavy atom. The van der Waals surface area contributed by atoms with Gasteiger partial charge in [-0.05, 0) is 19.8 Å². The summed E-state index contributed by atoms with van der Waals surface area (Å²) in [5, 5.41) is 30.1. The number of carbonyl (C=O) groups is 1. The number of aliphatic hydroxyl groups excluding tert-OH is 1. The normalized spacial score (nSPS) is 12.6. The third-order valence-electron chi connectivity index (χ3n) is 1.94. The fourth-order valence-corrected chi connectivity index (χ4v) is 1.15. The molecule has 8 nitrogen and oxygen atoms in total. The number of halogens is 1. The highest BCUT2D eigenvalue weighted by Crippen LogP contribution is 1.97. The third-order valence-corrected chi connectivity index (χ3v) is 1.94. The molecule has 0 aromatic heterocycles. The van der Waals surface area contributed by atoms with E-state index in [-0.39, 0.29) is 30.4 Å². The van der Waals surface area contributed by atoms with Gasteiger partial charge in [-0.2, -0.15) is 0 Å². The molecule has 0 saturated carbocycles. The van der Waals surface area contributed by atoms with Crippen molar-refractivity contribution in [3.63, 3.8) is 0 Å². The number of carboxylic acids is 1. The quantitative estimate of drug-likeness (QED) is 0.176. The first-order valence-corrected chi connectivity index (χ1v) is 5.15. The standard InChI is InChI=1S/C9H20N4O3.ClH.H2O/c1-6(14)5-13-7(8(15)16)3-2-4-12-9(10)11;;/h6-7,13-14H,2-5H2,1H3,(H,15,16)(H4,10,11,12);1H;1H2. The summed E-state index contributed by atoms with van der Waals surface area (Å²) >= 11 is 0. The molecule has 0 aliphatic heterocycles. The van der Waals surface area contributed by atoms with Crippen LogP contribution in [0.25, 0.3) is 0 Å². The lowest BCUT2D eigenvalue weighted by atomic mass is 10.1. The van der Waals surface area contributed by atoms with Gasteiger partial charge < -0.3 is 32.1 Å². The molecule has 110 valence electrons. The summed E-state index contributed by atoms with van der Waals surface area (Å²) < 4.78 is 0. The van der Waals surface area contributed by atoms with Gasteiger partial charge in [0, 0.05) is 13.1 Å². The molecule has 0 heterocycles. The molecule has 0 saturated heterocycles. The Hall–Kier alpha value is -1.09. The number of rotatable bonds is 8. The van der Waals surface area contributed by atoms with Crippen LogP contribution >= 0.6 is 12.4 Å². The number of carboxylic acid groups (broad SMARTS) is 1. The summed E-state index contributed by atoms with van der Waals surface area (Å²) in [7, 11) is 0. The second-order valence-electron chi connectivity index (χ2n) is 3.63. The highest BCUT2D eigenvalue weighted by atomic mass is 35.5. The zero-order chi connectivity index (χ0) is 12.6. The summed E-state index contributed by atoms with van der Waals surface area (Å²) in [6.07, 6.45) is 0.434. The van der Waals surface area contributed by atoms with Gasteiger partial charge in [-0.3, -0.25) is 10.2 Å². The van der Waals surface area contributed by atoms with Gasteiger partial charge in [0.1, 0.15) is 6.04 Å². The van der Waals surface area contributed by atoms with Crippen LogP contribution in [0, 0.1) is 5.41 Å². The minimum Gasteiger partial charge on any atom is -0.480 e. The van der Waals surface area contributed by atoms with Crippen LogP contribution < -0.4 is 16.4 Å². The first-order valence-electron chi connectivity index (χ1n) is 5.15. The average Bonchev–Trinajstić information content (AvgIpc) is 2.15. The van der Waals surface area contributed by atoms with E-state index in [0.29, 0.717) is 19.4 Å². The van der Waals surface area contributed by atoms with E-state index in [1.165, 1.54) is 0 Å². The Morgan fingerprint density at radius 2 is 2.06 bits per heavy atom. The third kappa shape index (κ3) is 13.0. The summed E-state index contributed by atoms with van der Waals surface area (Å²) in [6, 6.07) is -0.677. The van der Waals surface area contributed by atoms with Gasteiger partial charge in [0.15, 0.2) is 5.96 Å². The molecule has 0 rings (SSSR count). The summed E-state index contributed by atoms with van der Waals surface area (Å²) in [6.45, 7) is 2.30. The Kier molecular flexibility index (Phi) is 15.2. The molecule has 0 fully saturated rings. The second-order valence-corrected chi connectivity index (χ2v) is 3.63. The van der Waals surface area contributed by atoms with Crippen molar-refractivity contribution in [2.75, 3.05) is 13.1 Å². The molecular formula is C9H23ClN4O4. The predicted molar refractivity (Wildman–Crippen MR) is 71.1 cm³/mol. The van der Waals surface area contributed by atoms with E-state index >= 15 is 0 Å². The lowest BCUT2D eigenvalue weighted by molar-refractivity contribution is -0.139. The van der Waals surface area contributed by atoms with E-state index < -0.39 is 18.1 Å². The van der Waals surface area contributed by atoms with E-state index in [2.05, 4.69) is 10.6 Å². The maximum absolute atomic E-state index is 10.8. The molecule has 0 aliphatic rings. The van der Waals surface area contributed by atoms with Gasteiger partial charge in [-0.25, -0.2) is 0 Å². The van der Waals surface area contributed by atoms with Crippen LogP contribution in [0.3, 0.4) is 0 Å². The maximum atomic E-state index is 10.8. The molecule has 18 heavy (non-hydrogen) atoms. The van der Waals surface area contributed by atoms with Crippen LogP contribution in [0.15, 0.2) is 0 Å². The number of nitrogens with two attached hydrogens (primary N) is 1. The van der Waals surface area contributed by atoms with Crippen molar-refractivity contribution in [1.29, 1.82) is 5.41 Å². The molecule has 0 aliphatic carbocycles. The number of aliphatic hydroxyl groups is 1. The summed E-state index contributed by atoms with van der Waals surface area (Å²) in [5.74, 6) is -1.06. The van der Waals surface area contributed by atoms with Crippen molar-refractivity contribution in [3.05, 3.63) is 0 Å². The molecule has 0 aromatic rings. The van der Waals surface area contributed by atoms with Crippen molar-refractivity contribution >= 4 is 24.3 Å². The fourth-order valence-electron chi connectivity index (χ4n) is 1.15. The van der Waals surface area contributed by atoms with Crippen molar-refractivity contribution < 1.29 is 20.5 Å². The lowest BCUT2D eigenvalue weighted by Gasteiger charge is -2.15. The van der Waals surface area contributed by atoms with Crippen molar-refractivity contribution in [2.45, 2.75) is 31.9 Å². The van der Waals surface area contributed by atoms with Crippen molar-refractivity contribution in [3.8, 4) is 0 Å². The topological polar surface area (TPSA) is 163 Å². The van der Waals surface area contributed by atoms with Crippen molar-refractivity contribution in [1.82, 2.24) is 10.6 Å². The monoisotopic (exact) mass is 286 g/mol. The minimum absolute atomic E-state index is 0. The Bertz CT molecular complexity index is 241. The molecule has 0 amide bonds. The molecule has 0 radical (unpaired) electrons. The van der Waals surface area contributed by atoms with Gasteiger partial charge in [-0.15, -0.1) is 12.4 Å². The Balaban J connectivity index is -0.00000112. The summed E-state index contributed by atoms with van der Waals surface area (Å²) in [5.41, 5.74) is 5.07. The van der Waals surface area contributed by atoms with Crippen LogP contribution in [0.2, 0.25) is 0 Å². The first-order chi connectivity index (χ1) is 7.43. The van der Waals surface area contributed by atoms with Crippen LogP contribution in [-0.2, 0) is 4.79 Å². The van der Waals surface area contributed by atoms with E-state index in [0.717, 1.165) is 0 Å². The zero-order valence-electron chi connectivity index (χ0n) is 10.3. The largest absolute Gasteiger partial charge is 0.480 e. The molecule has 9 heteroatoms. The molecule has 0 bridgehead atoms. The highest BCUT2D eigenvalue weighted by molar-refractivity contribution is 5.85. The smallest absolute Gasteiger partial charge is 0.320 e. The number of hydrogen-bond acceptors (Lipinski definition) is 4. The first kappa shape index (κ1) is 22.1. The van der Waals surface area contributed by atoms with E-state index in [9.17, 15) is 4.79 Å². The fraction of sp³-hybridized carbons (Fsp3) is 0.778. The van der Waals surface area contributed by atoms with Crippen LogP contribution in [0.5, 0.6) is 0 Å². The van der Waals surface area contributed by atoms with Gasteiger partial charge in [-0.1, -0.05) is 0 Å². The molecule has 2 atom stereocenters. The van der Waals surface area contributed by atoms with Gasteiger partial charge in [0.05, 0.1) is 6.10 Å². The van der Waals surface area contributed by atoms with Crippen LogP contribution in [-0.4, -0.2) is 52.9 Å². The maximum Gasteiger partial charge on any atom is 0.320 e. The van der Waals surface area contributed by atoms with Crippen LogP contribution in [0.4, 0.5) is 0 Å². The molecule has 0 spiro atoms. The number of guanidine groups is 1. The predicted octanol–water partition coefficient (Wildman–Crippen LogP) is -1.73. The zero-order valence-corrected chi connectivity index (χ0v) is 11.1. The van der Waals surface area contributed by atoms with Crippen LogP contribution in [0.1, 0.15) is 19.8 Å². The minimum atomic E-state index is -0.941. The lowest BCUT2D eigenvalue weighted by Crippen LogP contribution is -2.41. The molecule has 2 unspecified atom stereocenters. The Morgan fingerprint density at radius 3 is 2.44 bits per heavy atom. The van der Waals surface area contributed by atoms with Gasteiger partial charge >= 0.3 is 5.97 Å². The number of nitrogens with one attached hydrogen (secondary N) is 3. The highest BCUT2D eigenvalue weighted by Gasteiger charge is 2.16. The van der Waals surface area contributed by atoms with E-state index in [1.807, 2.05) is 0 Å². The SMILES string of the molecule is CC(O)CNC(CCCNC(=N)N)C(=O)O.Cl.O. The van der Waals surface area contributed by atoms with Crippen molar-refractivity contribution in [2.24, 2.45) is 5.73 Å². The molecule has 9 N–H and O–H groups in total. The summed E-state index contributed by atoms with van der Waals surface area (Å²) in [4.78, 5) is 10.8. The molecular weight excluding hydrogens is 264 g/mol. The number of hydrogen-bond donors (Lipinski definition) is 6. The number of aliphatic carboxylic acids is 1. The molecule has 0 aromatic carbocycles. The van der Waals surface area contributed by atoms with E-state index in [4.69, 9.17) is 21.4 Å². The second kappa shape index (κ2) is 12.4. The van der Waals surface area contributed by atoms with E-state index in [1.54, 1.807) is 6.92 Å².